The van der Waals surface area contributed by atoms with E-state index in [-0.39, 0.29) is 12.2 Å². The summed E-state index contributed by atoms with van der Waals surface area (Å²) in [4.78, 5) is 24.8. The molecule has 0 radical (unpaired) electrons. The summed E-state index contributed by atoms with van der Waals surface area (Å²) in [6.07, 6.45) is 8.61. The van der Waals surface area contributed by atoms with Gasteiger partial charge in [0.05, 0.1) is 5.56 Å². The van der Waals surface area contributed by atoms with E-state index in [1.54, 1.807) is 24.3 Å². The molecule has 0 unspecified atom stereocenters. The van der Waals surface area contributed by atoms with Crippen LogP contribution in [0.2, 0.25) is 0 Å². The second-order valence-electron chi connectivity index (χ2n) is 8.49. The second kappa shape index (κ2) is 7.14. The summed E-state index contributed by atoms with van der Waals surface area (Å²) in [5.74, 6) is 1.66. The molecule has 5 rings (SSSR count). The Kier molecular flexibility index (Phi) is 4.83. The molecule has 1 aromatic carbocycles. The Hall–Kier alpha value is -2.10. The van der Waals surface area contributed by atoms with Crippen LogP contribution in [0.5, 0.6) is 0 Å². The minimum absolute atomic E-state index is 0.328. The number of rotatable bonds is 6. The first-order chi connectivity index (χ1) is 13.0. The summed E-state index contributed by atoms with van der Waals surface area (Å²) in [5, 5.41) is 0. The van der Waals surface area contributed by atoms with Crippen LogP contribution in [-0.4, -0.2) is 24.1 Å². The Labute approximate surface area is 160 Å². The molecule has 4 fully saturated rings. The van der Waals surface area contributed by atoms with E-state index in [0.29, 0.717) is 17.4 Å². The molecule has 4 bridgehead atoms. The van der Waals surface area contributed by atoms with Crippen LogP contribution in [0, 0.1) is 23.7 Å². The normalized spacial score (nSPS) is 33.5. The van der Waals surface area contributed by atoms with Crippen molar-refractivity contribution in [3.05, 3.63) is 42.0 Å². The van der Waals surface area contributed by atoms with E-state index in [1.807, 2.05) is 6.07 Å². The van der Waals surface area contributed by atoms with Crippen molar-refractivity contribution in [3.8, 4) is 0 Å². The molecular weight excluding hydrogens is 340 g/mol. The van der Waals surface area contributed by atoms with Crippen LogP contribution in [0.4, 0.5) is 0 Å². The highest BCUT2D eigenvalue weighted by Gasteiger charge is 2.58. The molecular formula is C23H28O4. The highest BCUT2D eigenvalue weighted by Crippen LogP contribution is 2.60. The molecule has 4 aliphatic carbocycles. The third kappa shape index (κ3) is 3.30. The number of ether oxygens (including phenoxy) is 2. The Morgan fingerprint density at radius 1 is 1.15 bits per heavy atom. The first-order valence-corrected chi connectivity index (χ1v) is 10.2. The van der Waals surface area contributed by atoms with Crippen molar-refractivity contribution in [3.63, 3.8) is 0 Å². The van der Waals surface area contributed by atoms with Crippen molar-refractivity contribution in [1.29, 1.82) is 0 Å². The van der Waals surface area contributed by atoms with Crippen LogP contribution < -0.4 is 0 Å². The number of carbonyl (C=O) groups is 2. The van der Waals surface area contributed by atoms with E-state index < -0.39 is 11.9 Å². The van der Waals surface area contributed by atoms with E-state index in [1.165, 1.54) is 32.1 Å². The maximum atomic E-state index is 12.5. The Balaban J connectivity index is 1.38. The summed E-state index contributed by atoms with van der Waals surface area (Å²) in [6.45, 7) is 5.50. The highest BCUT2D eigenvalue weighted by molar-refractivity contribution is 5.91. The summed E-state index contributed by atoms with van der Waals surface area (Å²) in [7, 11) is 0. The van der Waals surface area contributed by atoms with Gasteiger partial charge in [0.15, 0.2) is 6.61 Å². The molecule has 27 heavy (non-hydrogen) atoms. The number of esters is 2. The van der Waals surface area contributed by atoms with Gasteiger partial charge in [0, 0.05) is 0 Å². The van der Waals surface area contributed by atoms with Gasteiger partial charge in [-0.05, 0) is 79.9 Å². The van der Waals surface area contributed by atoms with E-state index in [4.69, 9.17) is 9.47 Å². The van der Waals surface area contributed by atoms with Crippen molar-refractivity contribution in [2.24, 2.45) is 23.7 Å². The van der Waals surface area contributed by atoms with Gasteiger partial charge in [-0.1, -0.05) is 31.7 Å². The second-order valence-corrected chi connectivity index (χ2v) is 8.49. The lowest BCUT2D eigenvalue weighted by Crippen LogP contribution is -2.59. The van der Waals surface area contributed by atoms with Crippen molar-refractivity contribution in [2.75, 3.05) is 6.61 Å². The van der Waals surface area contributed by atoms with Crippen LogP contribution in [0.25, 0.3) is 6.08 Å². The SMILES string of the molecule is C=Cc1cccc(C(=O)OCC(=O)OC2(CC)C3CC4CC(C3)CC2C4)c1. The number of carbonyl (C=O) groups excluding carboxylic acids is 2. The van der Waals surface area contributed by atoms with Gasteiger partial charge in [-0.15, -0.1) is 0 Å². The molecule has 144 valence electrons. The van der Waals surface area contributed by atoms with E-state index >= 15 is 0 Å². The van der Waals surface area contributed by atoms with Crippen LogP contribution in [0.3, 0.4) is 0 Å². The van der Waals surface area contributed by atoms with Crippen LogP contribution >= 0.6 is 0 Å². The van der Waals surface area contributed by atoms with Gasteiger partial charge < -0.3 is 9.47 Å². The molecule has 0 spiro atoms. The van der Waals surface area contributed by atoms with Gasteiger partial charge in [0.2, 0.25) is 0 Å². The summed E-state index contributed by atoms with van der Waals surface area (Å²) in [6, 6.07) is 7.00. The molecule has 4 nitrogen and oxygen atoms in total. The van der Waals surface area contributed by atoms with Crippen molar-refractivity contribution < 1.29 is 19.1 Å². The van der Waals surface area contributed by atoms with Crippen molar-refractivity contribution in [1.82, 2.24) is 0 Å². The average molecular weight is 368 g/mol. The first kappa shape index (κ1) is 18.3. The third-order valence-corrected chi connectivity index (χ3v) is 7.06. The van der Waals surface area contributed by atoms with Crippen LogP contribution in [-0.2, 0) is 14.3 Å². The topological polar surface area (TPSA) is 52.6 Å². The quantitative estimate of drug-likeness (QED) is 0.687. The van der Waals surface area contributed by atoms with Gasteiger partial charge in [-0.25, -0.2) is 9.59 Å². The Morgan fingerprint density at radius 2 is 1.81 bits per heavy atom. The fourth-order valence-corrected chi connectivity index (χ4v) is 6.04. The predicted octanol–water partition coefficient (Wildman–Crippen LogP) is 4.63. The summed E-state index contributed by atoms with van der Waals surface area (Å²) < 4.78 is 11.3. The van der Waals surface area contributed by atoms with Gasteiger partial charge in [0.1, 0.15) is 5.60 Å². The van der Waals surface area contributed by atoms with Crippen LogP contribution in [0.15, 0.2) is 30.8 Å². The minimum atomic E-state index is -0.508. The molecule has 0 atom stereocenters. The maximum Gasteiger partial charge on any atom is 0.344 e. The molecule has 1 aromatic rings. The monoisotopic (exact) mass is 368 g/mol. The molecule has 0 aromatic heterocycles. The number of hydrogen-bond acceptors (Lipinski definition) is 4. The molecule has 0 N–H and O–H groups in total. The molecule has 4 heteroatoms. The van der Waals surface area contributed by atoms with E-state index in [2.05, 4.69) is 13.5 Å². The number of hydrogen-bond donors (Lipinski definition) is 0. The molecule has 4 saturated carbocycles. The van der Waals surface area contributed by atoms with Crippen LogP contribution in [0.1, 0.15) is 61.4 Å². The zero-order valence-electron chi connectivity index (χ0n) is 16.0. The lowest BCUT2D eigenvalue weighted by molar-refractivity contribution is -0.212. The zero-order valence-corrected chi connectivity index (χ0v) is 16.0. The standard InChI is InChI=1S/C23H28O4/c1-3-15-6-5-7-18(9-15)22(25)26-14-21(24)27-23(4-2)19-10-16-8-17(12-19)13-20(23)11-16/h3,5-7,9,16-17,19-20H,1,4,8,10-14H2,2H3. The van der Waals surface area contributed by atoms with Gasteiger partial charge >= 0.3 is 11.9 Å². The average Bonchev–Trinajstić information content (AvgIpc) is 2.68. The maximum absolute atomic E-state index is 12.5. The van der Waals surface area contributed by atoms with Gasteiger partial charge in [-0.2, -0.15) is 0 Å². The highest BCUT2D eigenvalue weighted by atomic mass is 16.6. The lowest BCUT2D eigenvalue weighted by Gasteiger charge is -2.60. The largest absolute Gasteiger partial charge is 0.456 e. The van der Waals surface area contributed by atoms with Crippen molar-refractivity contribution >= 4 is 18.0 Å². The Morgan fingerprint density at radius 3 is 2.41 bits per heavy atom. The Bertz CT molecular complexity index is 723. The van der Waals surface area contributed by atoms with Gasteiger partial charge in [0.25, 0.3) is 0 Å². The first-order valence-electron chi connectivity index (χ1n) is 10.2. The molecule has 0 amide bonds. The van der Waals surface area contributed by atoms with Crippen molar-refractivity contribution in [2.45, 2.75) is 51.0 Å². The lowest BCUT2D eigenvalue weighted by atomic mass is 9.49. The zero-order chi connectivity index (χ0) is 19.0. The fraction of sp³-hybridized carbons (Fsp3) is 0.565. The molecule has 0 heterocycles. The fourth-order valence-electron chi connectivity index (χ4n) is 6.04. The molecule has 4 aliphatic rings. The van der Waals surface area contributed by atoms with E-state index in [9.17, 15) is 9.59 Å². The minimum Gasteiger partial charge on any atom is -0.456 e. The molecule has 0 saturated heterocycles. The number of benzene rings is 1. The molecule has 0 aliphatic heterocycles. The third-order valence-electron chi connectivity index (χ3n) is 7.06. The van der Waals surface area contributed by atoms with E-state index in [0.717, 1.165) is 23.8 Å². The predicted molar refractivity (Wildman–Crippen MR) is 103 cm³/mol. The smallest absolute Gasteiger partial charge is 0.344 e. The summed E-state index contributed by atoms with van der Waals surface area (Å²) in [5.41, 5.74) is 0.908. The summed E-state index contributed by atoms with van der Waals surface area (Å²) >= 11 is 0. The van der Waals surface area contributed by atoms with Gasteiger partial charge in [-0.3, -0.25) is 0 Å².